The molecule has 4 heteroatoms. The van der Waals surface area contributed by atoms with Crippen LogP contribution >= 0.6 is 23.2 Å². The Morgan fingerprint density at radius 2 is 1.94 bits per heavy atom. The number of benzene rings is 1. The van der Waals surface area contributed by atoms with Crippen molar-refractivity contribution in [2.24, 2.45) is 0 Å². The minimum Gasteiger partial charge on any atom is -0.299 e. The van der Waals surface area contributed by atoms with Crippen LogP contribution in [-0.4, -0.2) is 11.6 Å². The molecule has 0 aliphatic rings. The number of Topliss-reactive ketones (excluding diaryl/α,β-unsaturated/α-hetero) is 2. The van der Waals surface area contributed by atoms with Crippen LogP contribution in [0, 0.1) is 0 Å². The van der Waals surface area contributed by atoms with Gasteiger partial charge in [-0.25, -0.2) is 0 Å². The van der Waals surface area contributed by atoms with Crippen molar-refractivity contribution < 1.29 is 9.59 Å². The first-order valence-corrected chi connectivity index (χ1v) is 5.80. The first kappa shape index (κ1) is 13.2. The second-order valence-electron chi connectivity index (χ2n) is 3.49. The zero-order valence-electron chi connectivity index (χ0n) is 8.93. The Labute approximate surface area is 105 Å². The van der Waals surface area contributed by atoms with Gasteiger partial charge in [-0.1, -0.05) is 36.2 Å². The van der Waals surface area contributed by atoms with E-state index in [1.807, 2.05) is 6.92 Å². The van der Waals surface area contributed by atoms with Crippen molar-refractivity contribution in [1.82, 2.24) is 0 Å². The van der Waals surface area contributed by atoms with E-state index in [1.54, 1.807) is 18.2 Å². The van der Waals surface area contributed by atoms with E-state index in [-0.39, 0.29) is 23.0 Å². The largest absolute Gasteiger partial charge is 0.299 e. The first-order chi connectivity index (χ1) is 7.56. The van der Waals surface area contributed by atoms with E-state index in [4.69, 9.17) is 23.2 Å². The second-order valence-corrected chi connectivity index (χ2v) is 4.28. The summed E-state index contributed by atoms with van der Waals surface area (Å²) in [7, 11) is 0. The highest BCUT2D eigenvalue weighted by Crippen LogP contribution is 2.26. The van der Waals surface area contributed by atoms with Gasteiger partial charge in [0.05, 0.1) is 16.5 Å². The minimum atomic E-state index is -0.272. The molecule has 0 bridgehead atoms. The second kappa shape index (κ2) is 6.02. The third-order valence-electron chi connectivity index (χ3n) is 2.14. The molecule has 0 N–H and O–H groups in total. The molecule has 0 spiro atoms. The Kier molecular flexibility index (Phi) is 4.97. The summed E-state index contributed by atoms with van der Waals surface area (Å²) in [6, 6.07) is 4.83. The van der Waals surface area contributed by atoms with Crippen molar-refractivity contribution in [1.29, 1.82) is 0 Å². The van der Waals surface area contributed by atoms with Gasteiger partial charge in [0, 0.05) is 12.0 Å². The molecule has 0 fully saturated rings. The summed E-state index contributed by atoms with van der Waals surface area (Å²) >= 11 is 11.7. The number of halogens is 2. The van der Waals surface area contributed by atoms with Crippen molar-refractivity contribution in [2.45, 2.75) is 26.2 Å². The number of carbonyl (C=O) groups is 2. The summed E-state index contributed by atoms with van der Waals surface area (Å²) in [5.74, 6) is -0.338. The molecule has 0 aromatic heterocycles. The molecule has 1 rings (SSSR count). The van der Waals surface area contributed by atoms with Crippen LogP contribution in [0.3, 0.4) is 0 Å². The number of ketones is 2. The maximum absolute atomic E-state index is 11.7. The lowest BCUT2D eigenvalue weighted by Crippen LogP contribution is -2.08. The molecule has 2 nitrogen and oxygen atoms in total. The molecule has 0 aliphatic heterocycles. The lowest BCUT2D eigenvalue weighted by atomic mass is 10.0. The third-order valence-corrected chi connectivity index (χ3v) is 2.96. The standard InChI is InChI=1S/C12H12Cl2O2/c1-2-4-8(15)7-11(16)9-5-3-6-10(13)12(9)14/h3,5-6H,2,4,7H2,1H3. The van der Waals surface area contributed by atoms with Gasteiger partial charge in [0.2, 0.25) is 0 Å². The summed E-state index contributed by atoms with van der Waals surface area (Å²) < 4.78 is 0. The Balaban J connectivity index is 2.81. The highest BCUT2D eigenvalue weighted by Gasteiger charge is 2.15. The molecule has 0 aliphatic carbocycles. The van der Waals surface area contributed by atoms with Gasteiger partial charge < -0.3 is 0 Å². The zero-order chi connectivity index (χ0) is 12.1. The fourth-order valence-electron chi connectivity index (χ4n) is 1.36. The Bertz CT molecular complexity index is 413. The van der Waals surface area contributed by atoms with E-state index in [1.165, 1.54) is 0 Å². The molecule has 0 heterocycles. The summed E-state index contributed by atoms with van der Waals surface area (Å²) in [4.78, 5) is 23.1. The molecule has 1 aromatic rings. The summed E-state index contributed by atoms with van der Waals surface area (Å²) in [5.41, 5.74) is 0.318. The van der Waals surface area contributed by atoms with Crippen LogP contribution in [0.2, 0.25) is 10.0 Å². The average Bonchev–Trinajstić information content (AvgIpc) is 2.22. The monoisotopic (exact) mass is 258 g/mol. The quantitative estimate of drug-likeness (QED) is 0.593. The Morgan fingerprint density at radius 1 is 1.25 bits per heavy atom. The van der Waals surface area contributed by atoms with Gasteiger partial charge in [0.15, 0.2) is 5.78 Å². The number of carbonyl (C=O) groups excluding carboxylic acids is 2. The van der Waals surface area contributed by atoms with Gasteiger partial charge in [0.25, 0.3) is 0 Å². The lowest BCUT2D eigenvalue weighted by Gasteiger charge is -2.04. The van der Waals surface area contributed by atoms with Crippen LogP contribution in [0.4, 0.5) is 0 Å². The topological polar surface area (TPSA) is 34.1 Å². The van der Waals surface area contributed by atoms with Gasteiger partial charge in [-0.3, -0.25) is 9.59 Å². The van der Waals surface area contributed by atoms with E-state index < -0.39 is 0 Å². The van der Waals surface area contributed by atoms with Crippen LogP contribution in [0.25, 0.3) is 0 Å². The highest BCUT2D eigenvalue weighted by molar-refractivity contribution is 6.44. The minimum absolute atomic E-state index is 0.0662. The molecule has 0 radical (unpaired) electrons. The van der Waals surface area contributed by atoms with Crippen LogP contribution in [0.1, 0.15) is 36.5 Å². The molecule has 86 valence electrons. The fourth-order valence-corrected chi connectivity index (χ4v) is 1.77. The van der Waals surface area contributed by atoms with Crippen LogP contribution in [0.15, 0.2) is 18.2 Å². The van der Waals surface area contributed by atoms with Crippen molar-refractivity contribution in [3.05, 3.63) is 33.8 Å². The molecule has 0 saturated heterocycles. The van der Waals surface area contributed by atoms with E-state index >= 15 is 0 Å². The molecule has 0 saturated carbocycles. The highest BCUT2D eigenvalue weighted by atomic mass is 35.5. The molecule has 1 aromatic carbocycles. The first-order valence-electron chi connectivity index (χ1n) is 5.05. The molecule has 0 atom stereocenters. The van der Waals surface area contributed by atoms with E-state index in [0.29, 0.717) is 17.0 Å². The zero-order valence-corrected chi connectivity index (χ0v) is 10.4. The molecule has 0 unspecified atom stereocenters. The van der Waals surface area contributed by atoms with Gasteiger partial charge >= 0.3 is 0 Å². The van der Waals surface area contributed by atoms with Gasteiger partial charge in [-0.05, 0) is 18.6 Å². The van der Waals surface area contributed by atoms with Crippen molar-refractivity contribution in [2.75, 3.05) is 0 Å². The van der Waals surface area contributed by atoms with Crippen molar-refractivity contribution in [3.63, 3.8) is 0 Å². The number of hydrogen-bond donors (Lipinski definition) is 0. The number of hydrogen-bond acceptors (Lipinski definition) is 2. The van der Waals surface area contributed by atoms with Crippen molar-refractivity contribution in [3.8, 4) is 0 Å². The Morgan fingerprint density at radius 3 is 2.56 bits per heavy atom. The SMILES string of the molecule is CCCC(=O)CC(=O)c1cccc(Cl)c1Cl. The van der Waals surface area contributed by atoms with Crippen LogP contribution < -0.4 is 0 Å². The number of rotatable bonds is 5. The fraction of sp³-hybridized carbons (Fsp3) is 0.333. The molecule has 0 amide bonds. The molecular formula is C12H12Cl2O2. The van der Waals surface area contributed by atoms with Crippen molar-refractivity contribution >= 4 is 34.8 Å². The van der Waals surface area contributed by atoms with Gasteiger partial charge in [-0.2, -0.15) is 0 Å². The predicted molar refractivity (Wildman–Crippen MR) is 65.3 cm³/mol. The van der Waals surface area contributed by atoms with Gasteiger partial charge in [0.1, 0.15) is 5.78 Å². The normalized spacial score (nSPS) is 10.2. The van der Waals surface area contributed by atoms with E-state index in [0.717, 1.165) is 6.42 Å². The molecular weight excluding hydrogens is 247 g/mol. The average molecular weight is 259 g/mol. The van der Waals surface area contributed by atoms with E-state index in [9.17, 15) is 9.59 Å². The maximum atomic E-state index is 11.7. The van der Waals surface area contributed by atoms with E-state index in [2.05, 4.69) is 0 Å². The lowest BCUT2D eigenvalue weighted by molar-refractivity contribution is -0.118. The Hall–Kier alpha value is -0.860. The van der Waals surface area contributed by atoms with Crippen LogP contribution in [-0.2, 0) is 4.79 Å². The summed E-state index contributed by atoms with van der Waals surface area (Å²) in [6.07, 6.45) is 1.06. The summed E-state index contributed by atoms with van der Waals surface area (Å²) in [6.45, 7) is 1.90. The summed E-state index contributed by atoms with van der Waals surface area (Å²) in [5, 5.41) is 0.550. The molecule has 16 heavy (non-hydrogen) atoms. The third kappa shape index (κ3) is 3.32. The predicted octanol–water partition coefficient (Wildman–Crippen LogP) is 3.94. The van der Waals surface area contributed by atoms with Gasteiger partial charge in [-0.15, -0.1) is 0 Å². The van der Waals surface area contributed by atoms with Crippen LogP contribution in [0.5, 0.6) is 0 Å². The smallest absolute Gasteiger partial charge is 0.171 e. The maximum Gasteiger partial charge on any atom is 0.171 e.